The maximum Gasteiger partial charge on any atom is 0.231 e. The van der Waals surface area contributed by atoms with Crippen molar-refractivity contribution in [3.63, 3.8) is 0 Å². The van der Waals surface area contributed by atoms with E-state index in [1.165, 1.54) is 5.56 Å². The zero-order valence-corrected chi connectivity index (χ0v) is 13.6. The first-order valence-corrected chi connectivity index (χ1v) is 8.10. The largest absolute Gasteiger partial charge is 0.454 e. The molecule has 1 aliphatic heterocycles. The van der Waals surface area contributed by atoms with Crippen molar-refractivity contribution in [2.45, 2.75) is 25.8 Å². The van der Waals surface area contributed by atoms with Crippen LogP contribution in [0, 0.1) is 0 Å². The standard InChI is InChI=1S/C19H19N3O2/c1-14(16-5-3-2-4-6-16)9-17-12-22(21-20-17)11-15-7-8-18-19(10-15)24-13-23-18/h2-8,10,12,14H,9,11,13H2,1H3/t14-/m1/s1. The van der Waals surface area contributed by atoms with Crippen LogP contribution < -0.4 is 9.47 Å². The van der Waals surface area contributed by atoms with Gasteiger partial charge < -0.3 is 9.47 Å². The minimum Gasteiger partial charge on any atom is -0.454 e. The van der Waals surface area contributed by atoms with Crippen molar-refractivity contribution in [1.82, 2.24) is 15.0 Å². The quantitative estimate of drug-likeness (QED) is 0.722. The van der Waals surface area contributed by atoms with Gasteiger partial charge in [-0.05, 0) is 35.6 Å². The fourth-order valence-corrected chi connectivity index (χ4v) is 2.95. The van der Waals surface area contributed by atoms with E-state index in [-0.39, 0.29) is 0 Å². The third-order valence-electron chi connectivity index (χ3n) is 4.25. The molecule has 5 heteroatoms. The summed E-state index contributed by atoms with van der Waals surface area (Å²) < 4.78 is 12.6. The Morgan fingerprint density at radius 2 is 1.92 bits per heavy atom. The van der Waals surface area contributed by atoms with E-state index < -0.39 is 0 Å². The summed E-state index contributed by atoms with van der Waals surface area (Å²) in [6, 6.07) is 16.5. The van der Waals surface area contributed by atoms with Crippen LogP contribution in [0.4, 0.5) is 0 Å². The molecule has 0 saturated carbocycles. The zero-order valence-electron chi connectivity index (χ0n) is 13.6. The van der Waals surface area contributed by atoms with Crippen LogP contribution in [0.25, 0.3) is 0 Å². The fourth-order valence-electron chi connectivity index (χ4n) is 2.95. The summed E-state index contributed by atoms with van der Waals surface area (Å²) >= 11 is 0. The molecule has 0 fully saturated rings. The van der Waals surface area contributed by atoms with Crippen LogP contribution in [0.2, 0.25) is 0 Å². The summed E-state index contributed by atoms with van der Waals surface area (Å²) in [6.07, 6.45) is 2.90. The van der Waals surface area contributed by atoms with Gasteiger partial charge in [-0.25, -0.2) is 4.68 Å². The molecule has 0 bridgehead atoms. The summed E-state index contributed by atoms with van der Waals surface area (Å²) in [6.45, 7) is 3.18. The van der Waals surface area contributed by atoms with Gasteiger partial charge >= 0.3 is 0 Å². The van der Waals surface area contributed by atoms with Crippen molar-refractivity contribution in [3.8, 4) is 11.5 Å². The molecule has 1 aliphatic rings. The van der Waals surface area contributed by atoms with E-state index in [2.05, 4.69) is 41.5 Å². The summed E-state index contributed by atoms with van der Waals surface area (Å²) in [7, 11) is 0. The lowest BCUT2D eigenvalue weighted by atomic mass is 9.97. The lowest BCUT2D eigenvalue weighted by molar-refractivity contribution is 0.174. The molecule has 0 spiro atoms. The normalized spacial score (nSPS) is 13.9. The highest BCUT2D eigenvalue weighted by molar-refractivity contribution is 5.44. The molecule has 24 heavy (non-hydrogen) atoms. The zero-order chi connectivity index (χ0) is 16.4. The Morgan fingerprint density at radius 1 is 1.08 bits per heavy atom. The van der Waals surface area contributed by atoms with Crippen LogP contribution in [0.3, 0.4) is 0 Å². The molecular formula is C19H19N3O2. The maximum absolute atomic E-state index is 5.42. The predicted molar refractivity (Wildman–Crippen MR) is 90.3 cm³/mol. The van der Waals surface area contributed by atoms with Crippen molar-refractivity contribution in [1.29, 1.82) is 0 Å². The Kier molecular flexibility index (Phi) is 3.91. The van der Waals surface area contributed by atoms with Crippen LogP contribution in [-0.4, -0.2) is 21.8 Å². The van der Waals surface area contributed by atoms with E-state index >= 15 is 0 Å². The number of fused-ring (bicyclic) bond motifs is 1. The van der Waals surface area contributed by atoms with Crippen molar-refractivity contribution < 1.29 is 9.47 Å². The van der Waals surface area contributed by atoms with Gasteiger partial charge in [0.05, 0.1) is 12.2 Å². The topological polar surface area (TPSA) is 49.2 Å². The Bertz CT molecular complexity index is 830. The third kappa shape index (κ3) is 3.11. The van der Waals surface area contributed by atoms with Crippen molar-refractivity contribution in [2.75, 3.05) is 6.79 Å². The molecule has 0 saturated heterocycles. The van der Waals surface area contributed by atoms with E-state index in [9.17, 15) is 0 Å². The van der Waals surface area contributed by atoms with Gasteiger partial charge in [-0.3, -0.25) is 0 Å². The Labute approximate surface area is 140 Å². The molecule has 0 unspecified atom stereocenters. The molecule has 0 radical (unpaired) electrons. The number of aromatic nitrogens is 3. The van der Waals surface area contributed by atoms with Crippen LogP contribution in [-0.2, 0) is 13.0 Å². The molecule has 5 nitrogen and oxygen atoms in total. The van der Waals surface area contributed by atoms with Gasteiger partial charge in [-0.15, -0.1) is 5.10 Å². The molecule has 122 valence electrons. The molecule has 0 amide bonds. The van der Waals surface area contributed by atoms with E-state index in [4.69, 9.17) is 9.47 Å². The first kappa shape index (κ1) is 14.8. The number of hydrogen-bond donors (Lipinski definition) is 0. The summed E-state index contributed by atoms with van der Waals surface area (Å²) in [5, 5.41) is 8.55. The van der Waals surface area contributed by atoms with Crippen LogP contribution in [0.5, 0.6) is 11.5 Å². The van der Waals surface area contributed by atoms with Crippen LogP contribution >= 0.6 is 0 Å². The molecule has 3 aromatic rings. The molecule has 0 aliphatic carbocycles. The molecule has 2 aromatic carbocycles. The predicted octanol–water partition coefficient (Wildman–Crippen LogP) is 3.40. The monoisotopic (exact) mass is 321 g/mol. The van der Waals surface area contributed by atoms with Gasteiger partial charge in [0.25, 0.3) is 0 Å². The summed E-state index contributed by atoms with van der Waals surface area (Å²) in [5.74, 6) is 2.02. The Balaban J connectivity index is 1.43. The minimum absolute atomic E-state index is 0.295. The average Bonchev–Trinajstić information content (AvgIpc) is 3.24. The second-order valence-electron chi connectivity index (χ2n) is 6.11. The number of benzene rings is 2. The Hall–Kier alpha value is -2.82. The van der Waals surface area contributed by atoms with Gasteiger partial charge in [-0.2, -0.15) is 0 Å². The van der Waals surface area contributed by atoms with E-state index in [0.717, 1.165) is 29.2 Å². The molecule has 2 heterocycles. The maximum atomic E-state index is 5.42. The van der Waals surface area contributed by atoms with Crippen LogP contribution in [0.1, 0.15) is 29.7 Å². The highest BCUT2D eigenvalue weighted by Crippen LogP contribution is 2.32. The summed E-state index contributed by atoms with van der Waals surface area (Å²) in [5.41, 5.74) is 3.45. The molecule has 4 rings (SSSR count). The van der Waals surface area contributed by atoms with Crippen molar-refractivity contribution >= 4 is 0 Å². The lowest BCUT2D eigenvalue weighted by Gasteiger charge is -2.09. The summed E-state index contributed by atoms with van der Waals surface area (Å²) in [4.78, 5) is 0. The second-order valence-corrected chi connectivity index (χ2v) is 6.11. The van der Waals surface area contributed by atoms with E-state index in [0.29, 0.717) is 19.3 Å². The number of hydrogen-bond acceptors (Lipinski definition) is 4. The highest BCUT2D eigenvalue weighted by Gasteiger charge is 2.14. The number of ether oxygens (including phenoxy) is 2. The number of nitrogens with zero attached hydrogens (tertiary/aromatic N) is 3. The Morgan fingerprint density at radius 3 is 2.79 bits per heavy atom. The van der Waals surface area contributed by atoms with Crippen LogP contribution in [0.15, 0.2) is 54.7 Å². The van der Waals surface area contributed by atoms with Crippen molar-refractivity contribution in [3.05, 3.63) is 71.5 Å². The third-order valence-corrected chi connectivity index (χ3v) is 4.25. The highest BCUT2D eigenvalue weighted by atomic mass is 16.7. The fraction of sp³-hybridized carbons (Fsp3) is 0.263. The van der Waals surface area contributed by atoms with Crippen molar-refractivity contribution in [2.24, 2.45) is 0 Å². The van der Waals surface area contributed by atoms with E-state index in [1.54, 1.807) is 0 Å². The molecule has 1 atom stereocenters. The smallest absolute Gasteiger partial charge is 0.231 e. The van der Waals surface area contributed by atoms with Gasteiger partial charge in [-0.1, -0.05) is 48.5 Å². The average molecular weight is 321 g/mol. The van der Waals surface area contributed by atoms with E-state index in [1.807, 2.05) is 35.1 Å². The first-order valence-electron chi connectivity index (χ1n) is 8.10. The minimum atomic E-state index is 0.295. The van der Waals surface area contributed by atoms with Gasteiger partial charge in [0, 0.05) is 6.20 Å². The SMILES string of the molecule is C[C@H](Cc1cn(Cc2ccc3c(c2)OCO3)nn1)c1ccccc1. The molecular weight excluding hydrogens is 302 g/mol. The van der Waals surface area contributed by atoms with Gasteiger partial charge in [0.15, 0.2) is 11.5 Å². The van der Waals surface area contributed by atoms with Gasteiger partial charge in [0.2, 0.25) is 6.79 Å². The first-order chi connectivity index (χ1) is 11.8. The van der Waals surface area contributed by atoms with Gasteiger partial charge in [0.1, 0.15) is 0 Å². The molecule has 0 N–H and O–H groups in total. The number of rotatable bonds is 5. The second kappa shape index (κ2) is 6.35. The lowest BCUT2D eigenvalue weighted by Crippen LogP contribution is -2.00. The molecule has 1 aromatic heterocycles.